The molecule has 0 spiro atoms. The van der Waals surface area contributed by atoms with Crippen LogP contribution in [0, 0.1) is 6.92 Å². The quantitative estimate of drug-likeness (QED) is 0.807. The predicted octanol–water partition coefficient (Wildman–Crippen LogP) is 3.32. The predicted molar refractivity (Wildman–Crippen MR) is 76.6 cm³/mol. The highest BCUT2D eigenvalue weighted by molar-refractivity contribution is 5.20. The lowest BCUT2D eigenvalue weighted by atomic mass is 10.2. The summed E-state index contributed by atoms with van der Waals surface area (Å²) < 4.78 is 5.83. The molecule has 0 bridgehead atoms. The van der Waals surface area contributed by atoms with Gasteiger partial charge in [0.25, 0.3) is 0 Å². The summed E-state index contributed by atoms with van der Waals surface area (Å²) in [6.07, 6.45) is 1.16. The summed E-state index contributed by atoms with van der Waals surface area (Å²) >= 11 is 0. The normalized spacial score (nSPS) is 13.6. The molecule has 0 amide bonds. The third kappa shape index (κ3) is 4.46. The van der Waals surface area contributed by atoms with E-state index in [-0.39, 0.29) is 0 Å². The van der Waals surface area contributed by atoms with Crippen LogP contribution >= 0.6 is 0 Å². The van der Waals surface area contributed by atoms with Crippen molar-refractivity contribution in [2.24, 2.45) is 0 Å². The van der Waals surface area contributed by atoms with Gasteiger partial charge in [-0.15, -0.1) is 0 Å². The lowest BCUT2D eigenvalue weighted by Crippen LogP contribution is -2.27. The molecule has 1 atom stereocenters. The van der Waals surface area contributed by atoms with Crippen molar-refractivity contribution in [3.63, 3.8) is 0 Å². The molecule has 0 aliphatic carbocycles. The van der Waals surface area contributed by atoms with E-state index in [9.17, 15) is 0 Å². The molecule has 0 aliphatic heterocycles. The van der Waals surface area contributed by atoms with Gasteiger partial charge in [0.1, 0.15) is 11.5 Å². The number of aryl methyl sites for hydroxylation is 1. The number of hydrogen-bond acceptors (Lipinski definition) is 3. The monoisotopic (exact) mass is 252 g/mol. The van der Waals surface area contributed by atoms with E-state index in [0.717, 1.165) is 31.0 Å². The van der Waals surface area contributed by atoms with Crippen LogP contribution in [0.25, 0.3) is 0 Å². The molecule has 0 aliphatic rings. The molecule has 1 aromatic rings. The smallest absolute Gasteiger partial charge is 0.118 e. The first kappa shape index (κ1) is 15.3. The third-order valence-corrected chi connectivity index (χ3v) is 3.52. The van der Waals surface area contributed by atoms with E-state index >= 15 is 0 Å². The molecule has 0 saturated carbocycles. The van der Waals surface area contributed by atoms with E-state index in [1.807, 2.05) is 6.92 Å². The van der Waals surface area contributed by atoms with Gasteiger partial charge in [0.2, 0.25) is 0 Å². The summed E-state index contributed by atoms with van der Waals surface area (Å²) in [4.78, 5) is 2.33. The number of furan rings is 1. The topological polar surface area (TPSA) is 28.4 Å². The number of hydrogen-bond donors (Lipinski definition) is 1. The first-order chi connectivity index (χ1) is 8.43. The molecule has 0 radical (unpaired) electrons. The molecule has 104 valence electrons. The van der Waals surface area contributed by atoms with Gasteiger partial charge in [-0.25, -0.2) is 0 Å². The molecule has 3 heteroatoms. The maximum atomic E-state index is 5.83. The Morgan fingerprint density at radius 1 is 1.33 bits per heavy atom. The summed E-state index contributed by atoms with van der Waals surface area (Å²) in [5, 5.41) is 3.43. The summed E-state index contributed by atoms with van der Waals surface area (Å²) in [5.74, 6) is 2.10. The zero-order valence-corrected chi connectivity index (χ0v) is 12.7. The number of rotatable bonds is 7. The molecule has 1 rings (SSSR count). The molecule has 3 nitrogen and oxygen atoms in total. The van der Waals surface area contributed by atoms with Crippen molar-refractivity contribution >= 4 is 0 Å². The molecule has 1 heterocycles. The second-order valence-electron chi connectivity index (χ2n) is 5.50. The van der Waals surface area contributed by atoms with Crippen molar-refractivity contribution in [2.75, 3.05) is 7.05 Å². The zero-order valence-electron chi connectivity index (χ0n) is 12.7. The van der Waals surface area contributed by atoms with Crippen molar-refractivity contribution in [2.45, 2.75) is 66.2 Å². The Balaban J connectivity index is 2.60. The van der Waals surface area contributed by atoms with Gasteiger partial charge < -0.3 is 9.73 Å². The van der Waals surface area contributed by atoms with Crippen LogP contribution in [0.15, 0.2) is 10.5 Å². The van der Waals surface area contributed by atoms with Gasteiger partial charge >= 0.3 is 0 Å². The Morgan fingerprint density at radius 2 is 2.00 bits per heavy atom. The minimum absolute atomic E-state index is 0.505. The average molecular weight is 252 g/mol. The second-order valence-corrected chi connectivity index (χ2v) is 5.50. The largest absolute Gasteiger partial charge is 0.465 e. The lowest BCUT2D eigenvalue weighted by molar-refractivity contribution is 0.224. The minimum atomic E-state index is 0.505. The van der Waals surface area contributed by atoms with Gasteiger partial charge in [0.05, 0.1) is 6.54 Å². The fraction of sp³-hybridized carbons (Fsp3) is 0.733. The van der Waals surface area contributed by atoms with Crippen LogP contribution in [0.1, 0.15) is 51.2 Å². The van der Waals surface area contributed by atoms with Crippen LogP contribution in [0.4, 0.5) is 0 Å². The first-order valence-electron chi connectivity index (χ1n) is 6.95. The van der Waals surface area contributed by atoms with Crippen LogP contribution in [0.2, 0.25) is 0 Å². The summed E-state index contributed by atoms with van der Waals surface area (Å²) in [5.41, 5.74) is 1.27. The fourth-order valence-electron chi connectivity index (χ4n) is 1.87. The Kier molecular flexibility index (Phi) is 5.89. The second kappa shape index (κ2) is 6.95. The van der Waals surface area contributed by atoms with Gasteiger partial charge in [0.15, 0.2) is 0 Å². The van der Waals surface area contributed by atoms with Crippen molar-refractivity contribution < 1.29 is 4.42 Å². The van der Waals surface area contributed by atoms with Gasteiger partial charge in [0, 0.05) is 24.2 Å². The summed E-state index contributed by atoms with van der Waals surface area (Å²) in [7, 11) is 2.15. The molecule has 1 N–H and O–H groups in total. The van der Waals surface area contributed by atoms with E-state index in [2.05, 4.69) is 51.0 Å². The maximum Gasteiger partial charge on any atom is 0.118 e. The van der Waals surface area contributed by atoms with E-state index in [1.54, 1.807) is 0 Å². The van der Waals surface area contributed by atoms with Crippen LogP contribution < -0.4 is 5.32 Å². The molecule has 0 fully saturated rings. The molecule has 1 aromatic heterocycles. The van der Waals surface area contributed by atoms with Crippen LogP contribution in [0.5, 0.6) is 0 Å². The first-order valence-corrected chi connectivity index (χ1v) is 6.95. The molecule has 18 heavy (non-hydrogen) atoms. The van der Waals surface area contributed by atoms with Crippen molar-refractivity contribution in [3.8, 4) is 0 Å². The van der Waals surface area contributed by atoms with Crippen LogP contribution in [-0.4, -0.2) is 24.0 Å². The molecular formula is C15H28N2O. The minimum Gasteiger partial charge on any atom is -0.465 e. The van der Waals surface area contributed by atoms with Crippen LogP contribution in [-0.2, 0) is 13.1 Å². The standard InChI is InChI=1S/C15H28N2O/c1-7-12(4)17(6)10-15-8-14(13(5)18-15)9-16-11(2)3/h8,11-12,16H,7,9-10H2,1-6H3. The molecular weight excluding hydrogens is 224 g/mol. The van der Waals surface area contributed by atoms with E-state index in [0.29, 0.717) is 12.1 Å². The average Bonchev–Trinajstić information content (AvgIpc) is 2.65. The van der Waals surface area contributed by atoms with Gasteiger partial charge in [-0.1, -0.05) is 20.8 Å². The van der Waals surface area contributed by atoms with Gasteiger partial charge in [-0.05, 0) is 33.4 Å². The lowest BCUT2D eigenvalue weighted by Gasteiger charge is -2.21. The maximum absolute atomic E-state index is 5.83. The Labute approximate surface area is 112 Å². The number of nitrogens with one attached hydrogen (secondary N) is 1. The summed E-state index contributed by atoms with van der Waals surface area (Å²) in [6.45, 7) is 12.6. The molecule has 0 aromatic carbocycles. The zero-order chi connectivity index (χ0) is 13.7. The van der Waals surface area contributed by atoms with Crippen molar-refractivity contribution in [1.82, 2.24) is 10.2 Å². The SMILES string of the molecule is CCC(C)N(C)Cc1cc(CNC(C)C)c(C)o1. The molecule has 0 saturated heterocycles. The van der Waals surface area contributed by atoms with Gasteiger partial charge in [-0.3, -0.25) is 4.90 Å². The Morgan fingerprint density at radius 3 is 2.56 bits per heavy atom. The Hall–Kier alpha value is -0.800. The third-order valence-electron chi connectivity index (χ3n) is 3.52. The van der Waals surface area contributed by atoms with E-state index < -0.39 is 0 Å². The van der Waals surface area contributed by atoms with Crippen molar-refractivity contribution in [1.29, 1.82) is 0 Å². The highest BCUT2D eigenvalue weighted by atomic mass is 16.3. The molecule has 1 unspecified atom stereocenters. The van der Waals surface area contributed by atoms with E-state index in [4.69, 9.17) is 4.42 Å². The summed E-state index contributed by atoms with van der Waals surface area (Å²) in [6, 6.07) is 3.28. The highest BCUT2D eigenvalue weighted by Gasteiger charge is 2.12. The van der Waals surface area contributed by atoms with Gasteiger partial charge in [-0.2, -0.15) is 0 Å². The fourth-order valence-corrected chi connectivity index (χ4v) is 1.87. The Bertz CT molecular complexity index is 357. The van der Waals surface area contributed by atoms with Crippen LogP contribution in [0.3, 0.4) is 0 Å². The highest BCUT2D eigenvalue weighted by Crippen LogP contribution is 2.17. The van der Waals surface area contributed by atoms with Crippen molar-refractivity contribution in [3.05, 3.63) is 23.2 Å². The van der Waals surface area contributed by atoms with E-state index in [1.165, 1.54) is 5.56 Å². The number of nitrogens with zero attached hydrogens (tertiary/aromatic N) is 1.